The lowest BCUT2D eigenvalue weighted by molar-refractivity contribution is 0.382. The van der Waals surface area contributed by atoms with Crippen LogP contribution in [-0.4, -0.2) is 12.1 Å². The van der Waals surface area contributed by atoms with Gasteiger partial charge in [-0.25, -0.2) is 0 Å². The molecule has 0 spiro atoms. The van der Waals surface area contributed by atoms with E-state index in [-0.39, 0.29) is 0 Å². The van der Waals surface area contributed by atoms with Gasteiger partial charge in [-0.3, -0.25) is 0 Å². The summed E-state index contributed by atoms with van der Waals surface area (Å²) in [5, 5.41) is 3.76. The van der Waals surface area contributed by atoms with Crippen molar-refractivity contribution in [3.8, 4) is 0 Å². The summed E-state index contributed by atoms with van der Waals surface area (Å²) in [4.78, 5) is 0. The Labute approximate surface area is 105 Å². The van der Waals surface area contributed by atoms with E-state index in [2.05, 4.69) is 25.2 Å². The molecule has 3 unspecified atom stereocenters. The maximum absolute atomic E-state index is 5.40. The molecular formula is C15H25NO. The molecule has 2 heteroatoms. The van der Waals surface area contributed by atoms with E-state index in [4.69, 9.17) is 4.42 Å². The number of furan rings is 1. The first-order valence-corrected chi connectivity index (χ1v) is 7.02. The van der Waals surface area contributed by atoms with E-state index in [1.165, 1.54) is 32.1 Å². The molecular weight excluding hydrogens is 210 g/mol. The molecule has 0 aromatic carbocycles. The van der Waals surface area contributed by atoms with Crippen LogP contribution in [0.1, 0.15) is 51.7 Å². The number of rotatable bonds is 4. The van der Waals surface area contributed by atoms with Crippen LogP contribution < -0.4 is 5.32 Å². The van der Waals surface area contributed by atoms with Crippen molar-refractivity contribution in [2.45, 2.75) is 64.5 Å². The highest BCUT2D eigenvalue weighted by Crippen LogP contribution is 2.23. The minimum Gasteiger partial charge on any atom is -0.469 e. The lowest BCUT2D eigenvalue weighted by Gasteiger charge is -2.21. The highest BCUT2D eigenvalue weighted by Gasteiger charge is 2.18. The molecule has 1 heterocycles. The maximum atomic E-state index is 5.40. The molecule has 0 bridgehead atoms. The van der Waals surface area contributed by atoms with Gasteiger partial charge in [-0.05, 0) is 44.2 Å². The van der Waals surface area contributed by atoms with E-state index in [0.29, 0.717) is 12.1 Å². The molecule has 3 atom stereocenters. The Morgan fingerprint density at radius 3 is 3.00 bits per heavy atom. The largest absolute Gasteiger partial charge is 0.469 e. The van der Waals surface area contributed by atoms with Crippen molar-refractivity contribution in [1.82, 2.24) is 5.32 Å². The van der Waals surface area contributed by atoms with Crippen LogP contribution in [0.3, 0.4) is 0 Å². The SMILES string of the molecule is CC1CCCC(NC(C)Cc2ccco2)CC1. The summed E-state index contributed by atoms with van der Waals surface area (Å²) in [6, 6.07) is 5.26. The first-order valence-electron chi connectivity index (χ1n) is 7.02. The fourth-order valence-corrected chi connectivity index (χ4v) is 2.85. The zero-order chi connectivity index (χ0) is 12.1. The summed E-state index contributed by atoms with van der Waals surface area (Å²) in [5.74, 6) is 2.01. The Morgan fingerprint density at radius 2 is 2.24 bits per heavy atom. The van der Waals surface area contributed by atoms with Gasteiger partial charge >= 0.3 is 0 Å². The van der Waals surface area contributed by atoms with Crippen molar-refractivity contribution < 1.29 is 4.42 Å². The standard InChI is InChI=1S/C15H25NO/c1-12-5-3-6-14(9-8-12)16-13(2)11-15-7-4-10-17-15/h4,7,10,12-14,16H,3,5-6,8-9,11H2,1-2H3. The van der Waals surface area contributed by atoms with Crippen LogP contribution >= 0.6 is 0 Å². The van der Waals surface area contributed by atoms with Gasteiger partial charge in [0.1, 0.15) is 5.76 Å². The Hall–Kier alpha value is -0.760. The van der Waals surface area contributed by atoms with Gasteiger partial charge in [0.15, 0.2) is 0 Å². The summed E-state index contributed by atoms with van der Waals surface area (Å²) in [6.07, 6.45) is 9.60. The highest BCUT2D eigenvalue weighted by molar-refractivity contribution is 5.00. The number of hydrogen-bond acceptors (Lipinski definition) is 2. The van der Waals surface area contributed by atoms with Crippen LogP contribution in [0, 0.1) is 5.92 Å². The average molecular weight is 235 g/mol. The minimum atomic E-state index is 0.513. The van der Waals surface area contributed by atoms with Crippen molar-refractivity contribution in [2.75, 3.05) is 0 Å². The second-order valence-corrected chi connectivity index (χ2v) is 5.66. The van der Waals surface area contributed by atoms with Gasteiger partial charge in [-0.15, -0.1) is 0 Å². The molecule has 1 aliphatic carbocycles. The predicted molar refractivity (Wildman–Crippen MR) is 71.0 cm³/mol. The van der Waals surface area contributed by atoms with Gasteiger partial charge in [0.25, 0.3) is 0 Å². The number of hydrogen-bond donors (Lipinski definition) is 1. The van der Waals surface area contributed by atoms with Crippen molar-refractivity contribution in [3.63, 3.8) is 0 Å². The molecule has 1 N–H and O–H groups in total. The Kier molecular flexibility index (Phi) is 4.66. The second kappa shape index (κ2) is 6.25. The molecule has 1 saturated carbocycles. The van der Waals surface area contributed by atoms with E-state index in [1.54, 1.807) is 6.26 Å². The molecule has 0 radical (unpaired) electrons. The average Bonchev–Trinajstić information content (AvgIpc) is 2.70. The normalized spacial score (nSPS) is 27.6. The lowest BCUT2D eigenvalue weighted by Crippen LogP contribution is -2.37. The predicted octanol–water partition coefficient (Wildman–Crippen LogP) is 3.77. The lowest BCUT2D eigenvalue weighted by atomic mass is 10.0. The van der Waals surface area contributed by atoms with Gasteiger partial charge in [-0.1, -0.05) is 19.8 Å². The van der Waals surface area contributed by atoms with Crippen molar-refractivity contribution in [2.24, 2.45) is 5.92 Å². The third kappa shape index (κ3) is 4.19. The van der Waals surface area contributed by atoms with E-state index in [9.17, 15) is 0 Å². The van der Waals surface area contributed by atoms with Gasteiger partial charge in [0.2, 0.25) is 0 Å². The topological polar surface area (TPSA) is 25.2 Å². The highest BCUT2D eigenvalue weighted by atomic mass is 16.3. The molecule has 0 aliphatic heterocycles. The molecule has 1 aliphatic rings. The van der Waals surface area contributed by atoms with Crippen molar-refractivity contribution >= 4 is 0 Å². The number of nitrogens with one attached hydrogen (secondary N) is 1. The van der Waals surface area contributed by atoms with Gasteiger partial charge in [0, 0.05) is 18.5 Å². The quantitative estimate of drug-likeness (QED) is 0.804. The van der Waals surface area contributed by atoms with E-state index in [0.717, 1.165) is 18.1 Å². The van der Waals surface area contributed by atoms with Crippen LogP contribution in [-0.2, 0) is 6.42 Å². The third-order valence-electron chi connectivity index (χ3n) is 3.87. The minimum absolute atomic E-state index is 0.513. The third-order valence-corrected chi connectivity index (χ3v) is 3.87. The summed E-state index contributed by atoms with van der Waals surface area (Å²) < 4.78 is 5.40. The molecule has 1 fully saturated rings. The smallest absolute Gasteiger partial charge is 0.105 e. The molecule has 2 nitrogen and oxygen atoms in total. The molecule has 0 saturated heterocycles. The van der Waals surface area contributed by atoms with Crippen LogP contribution in [0.5, 0.6) is 0 Å². The van der Waals surface area contributed by atoms with Crippen LogP contribution in [0.2, 0.25) is 0 Å². The Bertz CT molecular complexity index is 307. The monoisotopic (exact) mass is 235 g/mol. The van der Waals surface area contributed by atoms with Crippen molar-refractivity contribution in [3.05, 3.63) is 24.2 Å². The molecule has 1 aromatic rings. The fraction of sp³-hybridized carbons (Fsp3) is 0.733. The van der Waals surface area contributed by atoms with Crippen LogP contribution in [0.4, 0.5) is 0 Å². The summed E-state index contributed by atoms with van der Waals surface area (Å²) in [7, 11) is 0. The van der Waals surface area contributed by atoms with Crippen molar-refractivity contribution in [1.29, 1.82) is 0 Å². The summed E-state index contributed by atoms with van der Waals surface area (Å²) in [6.45, 7) is 4.64. The molecule has 1 aromatic heterocycles. The first kappa shape index (κ1) is 12.7. The molecule has 17 heavy (non-hydrogen) atoms. The summed E-state index contributed by atoms with van der Waals surface area (Å²) >= 11 is 0. The first-order chi connectivity index (χ1) is 8.24. The molecule has 0 amide bonds. The second-order valence-electron chi connectivity index (χ2n) is 5.66. The van der Waals surface area contributed by atoms with E-state index < -0.39 is 0 Å². The zero-order valence-electron chi connectivity index (χ0n) is 11.1. The van der Waals surface area contributed by atoms with E-state index >= 15 is 0 Å². The van der Waals surface area contributed by atoms with Gasteiger partial charge < -0.3 is 9.73 Å². The Morgan fingerprint density at radius 1 is 1.35 bits per heavy atom. The fourth-order valence-electron chi connectivity index (χ4n) is 2.85. The molecule has 96 valence electrons. The van der Waals surface area contributed by atoms with Crippen LogP contribution in [0.25, 0.3) is 0 Å². The molecule has 2 rings (SSSR count). The Balaban J connectivity index is 1.75. The maximum Gasteiger partial charge on any atom is 0.105 e. The van der Waals surface area contributed by atoms with E-state index in [1.807, 2.05) is 6.07 Å². The van der Waals surface area contributed by atoms with Crippen LogP contribution in [0.15, 0.2) is 22.8 Å². The summed E-state index contributed by atoms with van der Waals surface area (Å²) in [5.41, 5.74) is 0. The zero-order valence-corrected chi connectivity index (χ0v) is 11.1. The van der Waals surface area contributed by atoms with Gasteiger partial charge in [-0.2, -0.15) is 0 Å². The van der Waals surface area contributed by atoms with Gasteiger partial charge in [0.05, 0.1) is 6.26 Å².